The van der Waals surface area contributed by atoms with Crippen LogP contribution in [0.2, 0.25) is 0 Å². The van der Waals surface area contributed by atoms with Gasteiger partial charge < -0.3 is 70.4 Å². The molecule has 284 valence electrons. The van der Waals surface area contributed by atoms with Gasteiger partial charge in [0.2, 0.25) is 11.8 Å². The van der Waals surface area contributed by atoms with Crippen molar-refractivity contribution in [2.75, 3.05) is 26.4 Å². The van der Waals surface area contributed by atoms with Gasteiger partial charge in [-0.25, -0.2) is 4.79 Å². The highest BCUT2D eigenvalue weighted by Crippen LogP contribution is 2.35. The normalized spacial score (nSPS) is 30.0. The van der Waals surface area contributed by atoms with E-state index in [9.17, 15) is 55.2 Å². The molecule has 2 aliphatic rings. The van der Waals surface area contributed by atoms with Crippen molar-refractivity contribution >= 4 is 17.8 Å². The summed E-state index contributed by atoms with van der Waals surface area (Å²) in [5.74, 6) is -3.88. The van der Waals surface area contributed by atoms with Gasteiger partial charge in [0.15, 0.2) is 6.29 Å². The van der Waals surface area contributed by atoms with E-state index >= 15 is 0 Å². The Bertz CT molecular complexity index is 1520. The van der Waals surface area contributed by atoms with E-state index in [0.29, 0.717) is 5.56 Å². The van der Waals surface area contributed by atoms with E-state index in [1.54, 1.807) is 12.1 Å². The van der Waals surface area contributed by atoms with Crippen molar-refractivity contribution in [2.24, 2.45) is 0 Å². The van der Waals surface area contributed by atoms with Crippen LogP contribution < -0.4 is 10.6 Å². The van der Waals surface area contributed by atoms with Crippen LogP contribution in [0.15, 0.2) is 54.6 Å². The Morgan fingerprint density at radius 1 is 0.962 bits per heavy atom. The van der Waals surface area contributed by atoms with Crippen LogP contribution in [-0.2, 0) is 39.8 Å². The molecule has 0 aromatic heterocycles. The molecule has 11 atom stereocenters. The number of amides is 2. The summed E-state index contributed by atoms with van der Waals surface area (Å²) < 4.78 is 22.0. The van der Waals surface area contributed by atoms with Gasteiger partial charge in [0.25, 0.3) is 5.79 Å². The number of carbonyl (C=O) groups excluding carboxylic acids is 2. The van der Waals surface area contributed by atoms with Gasteiger partial charge in [-0.2, -0.15) is 0 Å². The van der Waals surface area contributed by atoms with E-state index in [2.05, 4.69) is 16.6 Å². The Labute approximate surface area is 298 Å². The lowest BCUT2D eigenvalue weighted by Gasteiger charge is -2.47. The molecule has 2 aliphatic heterocycles. The first-order valence-electron chi connectivity index (χ1n) is 16.5. The minimum absolute atomic E-state index is 0.0850. The van der Waals surface area contributed by atoms with Crippen molar-refractivity contribution in [3.63, 3.8) is 0 Å². The molecule has 2 aromatic rings. The lowest BCUT2D eigenvalue weighted by Crippen LogP contribution is -2.69. The molecule has 2 fully saturated rings. The summed E-state index contributed by atoms with van der Waals surface area (Å²) in [6.07, 6.45) is -11.7. The van der Waals surface area contributed by atoms with Crippen molar-refractivity contribution in [1.29, 1.82) is 0 Å². The van der Waals surface area contributed by atoms with E-state index in [1.165, 1.54) is 0 Å². The number of rotatable bonds is 16. The van der Waals surface area contributed by atoms with Crippen LogP contribution in [0.3, 0.4) is 0 Å². The highest BCUT2D eigenvalue weighted by atomic mass is 16.7. The average molecular weight is 733 g/mol. The Morgan fingerprint density at radius 2 is 1.63 bits per heavy atom. The number of aliphatic hydroxyl groups is 7. The van der Waals surface area contributed by atoms with Gasteiger partial charge in [0, 0.05) is 19.4 Å². The molecule has 0 saturated carbocycles. The third-order valence-corrected chi connectivity index (χ3v) is 8.71. The zero-order chi connectivity index (χ0) is 38.0. The molecule has 2 amide bonds. The minimum Gasteiger partial charge on any atom is -0.477 e. The SMILES string of the molecule is C#CCCO[C@@H]1O[C@H](CO[C@]2(C(=O)O)C[C@H](O)[C@@H](NC(=O)CO)[C@H]([C@H](O)[C@H](O)CNC(=O)Cc3ccc(-c4ccccc4)cc3)O2)[C@H](O)[C@H](O)[C@H]1O. The number of terminal acetylenes is 1. The molecule has 10 N–H and O–H groups in total. The third-order valence-electron chi connectivity index (χ3n) is 8.71. The van der Waals surface area contributed by atoms with Gasteiger partial charge in [0.05, 0.1) is 37.9 Å². The zero-order valence-corrected chi connectivity index (χ0v) is 27.9. The van der Waals surface area contributed by atoms with Gasteiger partial charge in [0.1, 0.15) is 43.2 Å². The highest BCUT2D eigenvalue weighted by molar-refractivity contribution is 5.79. The number of carbonyl (C=O) groups is 3. The van der Waals surface area contributed by atoms with E-state index in [0.717, 1.165) is 11.1 Å². The molecule has 52 heavy (non-hydrogen) atoms. The van der Waals surface area contributed by atoms with Gasteiger partial charge in [-0.05, 0) is 16.7 Å². The fourth-order valence-corrected chi connectivity index (χ4v) is 5.84. The number of ether oxygens (including phenoxy) is 4. The smallest absolute Gasteiger partial charge is 0.364 e. The second-order valence-electron chi connectivity index (χ2n) is 12.4. The first-order valence-corrected chi connectivity index (χ1v) is 16.5. The predicted molar refractivity (Wildman–Crippen MR) is 178 cm³/mol. The fourth-order valence-electron chi connectivity index (χ4n) is 5.84. The molecule has 0 radical (unpaired) electrons. The molecule has 17 nitrogen and oxygen atoms in total. The number of aliphatic hydroxyl groups excluding tert-OH is 7. The molecule has 2 heterocycles. The first kappa shape index (κ1) is 40.7. The van der Waals surface area contributed by atoms with Crippen molar-refractivity contribution < 1.29 is 74.2 Å². The van der Waals surface area contributed by atoms with Crippen LogP contribution >= 0.6 is 0 Å². The Balaban J connectivity index is 1.44. The first-order chi connectivity index (χ1) is 24.8. The molecule has 0 unspecified atom stereocenters. The molecular formula is C35H44N2O15. The Hall–Kier alpha value is -4.03. The summed E-state index contributed by atoms with van der Waals surface area (Å²) >= 11 is 0. The predicted octanol–water partition coefficient (Wildman–Crippen LogP) is -2.99. The lowest BCUT2D eigenvalue weighted by molar-refractivity contribution is -0.338. The van der Waals surface area contributed by atoms with Crippen LogP contribution in [0.4, 0.5) is 0 Å². The zero-order valence-electron chi connectivity index (χ0n) is 27.9. The molecule has 0 spiro atoms. The summed E-state index contributed by atoms with van der Waals surface area (Å²) in [6, 6.07) is 15.2. The maximum atomic E-state index is 12.7. The van der Waals surface area contributed by atoms with Crippen molar-refractivity contribution in [3.8, 4) is 23.5 Å². The number of nitrogens with one attached hydrogen (secondary N) is 2. The van der Waals surface area contributed by atoms with E-state index < -0.39 is 111 Å². The minimum atomic E-state index is -2.80. The summed E-state index contributed by atoms with van der Waals surface area (Å²) in [5, 5.41) is 88.4. The molecular weight excluding hydrogens is 688 g/mol. The van der Waals surface area contributed by atoms with Crippen LogP contribution in [-0.4, -0.2) is 152 Å². The number of hydrogen-bond acceptors (Lipinski definition) is 14. The number of benzene rings is 2. The molecule has 2 saturated heterocycles. The summed E-state index contributed by atoms with van der Waals surface area (Å²) in [5.41, 5.74) is 2.58. The molecule has 0 aliphatic carbocycles. The lowest BCUT2D eigenvalue weighted by atomic mass is 9.88. The van der Waals surface area contributed by atoms with E-state index in [-0.39, 0.29) is 19.4 Å². The number of aliphatic carboxylic acids is 1. The maximum absolute atomic E-state index is 12.7. The summed E-state index contributed by atoms with van der Waals surface area (Å²) in [7, 11) is 0. The van der Waals surface area contributed by atoms with Crippen LogP contribution in [0, 0.1) is 12.3 Å². The van der Waals surface area contributed by atoms with E-state index in [4.69, 9.17) is 25.4 Å². The van der Waals surface area contributed by atoms with Crippen molar-refractivity contribution in [2.45, 2.75) is 86.2 Å². The molecule has 4 rings (SSSR count). The summed E-state index contributed by atoms with van der Waals surface area (Å²) in [4.78, 5) is 37.5. The Morgan fingerprint density at radius 3 is 2.27 bits per heavy atom. The van der Waals surface area contributed by atoms with E-state index in [1.807, 2.05) is 42.5 Å². The van der Waals surface area contributed by atoms with Gasteiger partial charge >= 0.3 is 5.97 Å². The van der Waals surface area contributed by atoms with Gasteiger partial charge in [-0.15, -0.1) is 12.3 Å². The standard InChI is InChI=1S/C35H44N2O15/c1-2-3-13-49-33-31(46)30(45)29(44)24(51-33)18-50-35(34(47)48)15-22(39)27(37-26(42)17-38)32(52-35)28(43)23(40)16-36-25(41)14-19-9-11-21(12-10-19)20-7-5-4-6-8-20/h1,4-12,22-24,27-33,38-40,43-46H,3,13-18H2,(H,36,41)(H,37,42)(H,47,48)/t22-,23+,24+,27+,28+,29-,30-,31+,32+,33+,35+/m0/s1. The maximum Gasteiger partial charge on any atom is 0.364 e. The number of carboxylic acids is 1. The molecule has 17 heteroatoms. The fraction of sp³-hybridized carbons (Fsp3) is 0.514. The third kappa shape index (κ3) is 10.1. The number of carboxylic acid groups (broad SMARTS) is 1. The van der Waals surface area contributed by atoms with Gasteiger partial charge in [-0.3, -0.25) is 9.59 Å². The van der Waals surface area contributed by atoms with Gasteiger partial charge in [-0.1, -0.05) is 54.6 Å². The molecule has 2 aromatic carbocycles. The highest BCUT2D eigenvalue weighted by Gasteiger charge is 2.57. The topological polar surface area (TPSA) is 274 Å². The quantitative estimate of drug-likeness (QED) is 0.0609. The number of hydrogen-bond donors (Lipinski definition) is 10. The van der Waals surface area contributed by atoms with Crippen LogP contribution in [0.25, 0.3) is 11.1 Å². The molecule has 0 bridgehead atoms. The van der Waals surface area contributed by atoms with Crippen LogP contribution in [0.1, 0.15) is 18.4 Å². The summed E-state index contributed by atoms with van der Waals surface area (Å²) in [6.45, 7) is -2.54. The average Bonchev–Trinajstić information content (AvgIpc) is 3.14. The van der Waals surface area contributed by atoms with Crippen molar-refractivity contribution in [1.82, 2.24) is 10.6 Å². The largest absolute Gasteiger partial charge is 0.477 e. The van der Waals surface area contributed by atoms with Crippen LogP contribution in [0.5, 0.6) is 0 Å². The second-order valence-corrected chi connectivity index (χ2v) is 12.4. The van der Waals surface area contributed by atoms with Crippen molar-refractivity contribution in [3.05, 3.63) is 60.2 Å². The Kier molecular flexibility index (Phi) is 14.6. The second kappa shape index (κ2) is 18.6. The monoisotopic (exact) mass is 732 g/mol.